The van der Waals surface area contributed by atoms with Crippen LogP contribution in [0.4, 0.5) is 0 Å². The number of fused-ring (bicyclic) bond motifs is 1. The first kappa shape index (κ1) is 16.3. The summed E-state index contributed by atoms with van der Waals surface area (Å²) >= 11 is 0. The number of carbonyl (C=O) groups is 1. The minimum Gasteiger partial charge on any atom is -0.459 e. The van der Waals surface area contributed by atoms with Crippen molar-refractivity contribution in [1.82, 2.24) is 9.88 Å². The Bertz CT molecular complexity index is 730. The summed E-state index contributed by atoms with van der Waals surface area (Å²) in [6.45, 7) is 3.62. The first-order valence-corrected chi connectivity index (χ1v) is 8.71. The van der Waals surface area contributed by atoms with E-state index < -0.39 is 0 Å². The molecule has 6 nitrogen and oxygen atoms in total. The summed E-state index contributed by atoms with van der Waals surface area (Å²) in [5.41, 5.74) is 1.92. The first-order chi connectivity index (χ1) is 12.2. The van der Waals surface area contributed by atoms with E-state index in [2.05, 4.69) is 4.98 Å². The predicted octanol–water partition coefficient (Wildman–Crippen LogP) is 2.57. The number of likely N-dealkylation sites (tertiary alicyclic amines) is 1. The molecule has 4 heterocycles. The third kappa shape index (κ3) is 3.19. The van der Waals surface area contributed by atoms with Crippen molar-refractivity contribution in [3.8, 4) is 0 Å². The van der Waals surface area contributed by atoms with E-state index >= 15 is 0 Å². The lowest BCUT2D eigenvalue weighted by atomic mass is 10.0. The van der Waals surface area contributed by atoms with Gasteiger partial charge in [0, 0.05) is 24.6 Å². The molecule has 1 amide bonds. The van der Waals surface area contributed by atoms with Gasteiger partial charge in [-0.2, -0.15) is 0 Å². The second kappa shape index (κ2) is 6.98. The van der Waals surface area contributed by atoms with Crippen LogP contribution < -0.4 is 0 Å². The van der Waals surface area contributed by atoms with Gasteiger partial charge in [-0.1, -0.05) is 0 Å². The highest BCUT2D eigenvalue weighted by atomic mass is 16.5. The maximum absolute atomic E-state index is 12.9. The molecule has 25 heavy (non-hydrogen) atoms. The quantitative estimate of drug-likeness (QED) is 0.854. The van der Waals surface area contributed by atoms with E-state index in [1.165, 1.54) is 0 Å². The maximum atomic E-state index is 12.9. The van der Waals surface area contributed by atoms with Gasteiger partial charge in [0.25, 0.3) is 5.91 Å². The number of nitrogens with zero attached hydrogens (tertiary/aromatic N) is 2. The zero-order chi connectivity index (χ0) is 17.2. The molecule has 2 fully saturated rings. The Hall–Kier alpha value is -2.18. The molecule has 0 spiro atoms. The van der Waals surface area contributed by atoms with Crippen LogP contribution in [0.15, 0.2) is 41.3 Å². The van der Waals surface area contributed by atoms with Crippen LogP contribution in [0, 0.1) is 6.92 Å². The Morgan fingerprint density at radius 1 is 1.36 bits per heavy atom. The van der Waals surface area contributed by atoms with Crippen molar-refractivity contribution >= 4 is 5.91 Å². The average Bonchev–Trinajstić information content (AvgIpc) is 3.24. The number of ether oxygens (including phenoxy) is 2. The first-order valence-electron chi connectivity index (χ1n) is 8.71. The van der Waals surface area contributed by atoms with Gasteiger partial charge in [-0.25, -0.2) is 0 Å². The van der Waals surface area contributed by atoms with Gasteiger partial charge >= 0.3 is 0 Å². The lowest BCUT2D eigenvalue weighted by Crippen LogP contribution is -2.43. The van der Waals surface area contributed by atoms with Crippen molar-refractivity contribution in [3.63, 3.8) is 0 Å². The molecule has 2 aromatic rings. The van der Waals surface area contributed by atoms with Crippen LogP contribution in [-0.4, -0.2) is 47.2 Å². The minimum absolute atomic E-state index is 0.0493. The van der Waals surface area contributed by atoms with Crippen molar-refractivity contribution in [3.05, 3.63) is 53.7 Å². The summed E-state index contributed by atoms with van der Waals surface area (Å²) < 4.78 is 17.5. The molecular formula is C19H22N2O4. The summed E-state index contributed by atoms with van der Waals surface area (Å²) in [6.07, 6.45) is 6.76. The van der Waals surface area contributed by atoms with Gasteiger partial charge in [-0.15, -0.1) is 0 Å². The highest BCUT2D eigenvalue weighted by Gasteiger charge is 2.47. The molecule has 0 unspecified atom stereocenters. The Morgan fingerprint density at radius 2 is 2.20 bits per heavy atom. The number of hydrogen-bond donors (Lipinski definition) is 0. The van der Waals surface area contributed by atoms with Crippen molar-refractivity contribution in [1.29, 1.82) is 0 Å². The van der Waals surface area contributed by atoms with Crippen LogP contribution in [0.5, 0.6) is 0 Å². The number of pyridine rings is 1. The van der Waals surface area contributed by atoms with Gasteiger partial charge in [0.1, 0.15) is 12.2 Å². The third-order valence-electron chi connectivity index (χ3n) is 5.01. The molecule has 2 aliphatic heterocycles. The summed E-state index contributed by atoms with van der Waals surface area (Å²) in [7, 11) is 0. The molecular weight excluding hydrogens is 320 g/mol. The molecule has 132 valence electrons. The number of rotatable bonds is 4. The average molecular weight is 342 g/mol. The van der Waals surface area contributed by atoms with Crippen molar-refractivity contribution in [2.24, 2.45) is 0 Å². The molecule has 0 bridgehead atoms. The number of aryl methyl sites for hydroxylation is 1. The number of aromatic nitrogens is 1. The smallest absolute Gasteiger partial charge is 0.290 e. The lowest BCUT2D eigenvalue weighted by Gasteiger charge is -2.31. The van der Waals surface area contributed by atoms with Gasteiger partial charge in [0.2, 0.25) is 0 Å². The normalized spacial score (nSPS) is 25.8. The highest BCUT2D eigenvalue weighted by molar-refractivity contribution is 5.93. The molecule has 6 heteroatoms. The zero-order valence-electron chi connectivity index (χ0n) is 14.3. The fourth-order valence-corrected chi connectivity index (χ4v) is 3.69. The fourth-order valence-electron chi connectivity index (χ4n) is 3.69. The Labute approximate surface area is 146 Å². The van der Waals surface area contributed by atoms with Crippen molar-refractivity contribution in [2.45, 2.75) is 44.6 Å². The lowest BCUT2D eigenvalue weighted by molar-refractivity contribution is -0.0810. The van der Waals surface area contributed by atoms with E-state index in [0.717, 1.165) is 30.6 Å². The summed E-state index contributed by atoms with van der Waals surface area (Å²) in [5.74, 6) is 0.345. The van der Waals surface area contributed by atoms with Gasteiger partial charge in [0.15, 0.2) is 5.76 Å². The van der Waals surface area contributed by atoms with Crippen LogP contribution in [0.2, 0.25) is 0 Å². The second-order valence-electron chi connectivity index (χ2n) is 6.64. The predicted molar refractivity (Wildman–Crippen MR) is 90.1 cm³/mol. The molecule has 0 saturated carbocycles. The van der Waals surface area contributed by atoms with Gasteiger partial charge < -0.3 is 18.8 Å². The summed E-state index contributed by atoms with van der Waals surface area (Å²) in [4.78, 5) is 18.8. The SMILES string of the molecule is Cc1ccoc1C(=O)N1C[C@@H](OCc2ccncc2)[C@@H]2OCCC[C@@H]21. The van der Waals surface area contributed by atoms with Crippen molar-refractivity contribution in [2.75, 3.05) is 13.2 Å². The second-order valence-corrected chi connectivity index (χ2v) is 6.64. The molecule has 0 aromatic carbocycles. The van der Waals surface area contributed by atoms with E-state index in [-0.39, 0.29) is 24.2 Å². The molecule has 2 aromatic heterocycles. The van der Waals surface area contributed by atoms with E-state index in [9.17, 15) is 4.79 Å². The Balaban J connectivity index is 1.49. The van der Waals surface area contributed by atoms with Crippen LogP contribution in [-0.2, 0) is 16.1 Å². The van der Waals surface area contributed by atoms with Crippen LogP contribution in [0.1, 0.15) is 34.5 Å². The molecule has 0 radical (unpaired) electrons. The maximum Gasteiger partial charge on any atom is 0.290 e. The number of furan rings is 1. The summed E-state index contributed by atoms with van der Waals surface area (Å²) in [6, 6.07) is 5.73. The molecule has 2 saturated heterocycles. The molecule has 0 aliphatic carbocycles. The largest absolute Gasteiger partial charge is 0.459 e. The van der Waals surface area contributed by atoms with Gasteiger partial charge in [0.05, 0.1) is 25.5 Å². The number of amides is 1. The van der Waals surface area contributed by atoms with Crippen LogP contribution in [0.25, 0.3) is 0 Å². The van der Waals surface area contributed by atoms with Crippen LogP contribution in [0.3, 0.4) is 0 Å². The molecule has 4 rings (SSSR count). The standard InChI is InChI=1S/C19H22N2O4/c1-13-6-10-24-17(13)19(22)21-11-16(18-15(21)3-2-9-23-18)25-12-14-4-7-20-8-5-14/h4-8,10,15-16,18H,2-3,9,11-12H2,1H3/t15-,16+,18+/m0/s1. The number of hydrogen-bond acceptors (Lipinski definition) is 5. The minimum atomic E-state index is -0.127. The monoisotopic (exact) mass is 342 g/mol. The zero-order valence-corrected chi connectivity index (χ0v) is 14.3. The molecule has 3 atom stereocenters. The van der Waals surface area contributed by atoms with Crippen LogP contribution >= 0.6 is 0 Å². The van der Waals surface area contributed by atoms with Crippen molar-refractivity contribution < 1.29 is 18.7 Å². The molecule has 2 aliphatic rings. The van der Waals surface area contributed by atoms with E-state index in [1.807, 2.05) is 30.0 Å². The number of carbonyl (C=O) groups excluding carboxylic acids is 1. The third-order valence-corrected chi connectivity index (χ3v) is 5.01. The molecule has 0 N–H and O–H groups in total. The highest BCUT2D eigenvalue weighted by Crippen LogP contribution is 2.32. The fraction of sp³-hybridized carbons (Fsp3) is 0.474. The van der Waals surface area contributed by atoms with E-state index in [0.29, 0.717) is 18.9 Å². The van der Waals surface area contributed by atoms with Gasteiger partial charge in [-0.3, -0.25) is 9.78 Å². The van der Waals surface area contributed by atoms with Gasteiger partial charge in [-0.05, 0) is 43.5 Å². The Kier molecular flexibility index (Phi) is 4.55. The van der Waals surface area contributed by atoms with E-state index in [4.69, 9.17) is 13.9 Å². The summed E-state index contributed by atoms with van der Waals surface area (Å²) in [5, 5.41) is 0. The van der Waals surface area contributed by atoms with E-state index in [1.54, 1.807) is 18.7 Å². The topological polar surface area (TPSA) is 64.8 Å². The Morgan fingerprint density at radius 3 is 2.96 bits per heavy atom.